The van der Waals surface area contributed by atoms with Crippen LogP contribution in [0.5, 0.6) is 0 Å². The van der Waals surface area contributed by atoms with Crippen LogP contribution in [0.25, 0.3) is 0 Å². The number of nitrogens with one attached hydrogen (secondary N) is 1. The van der Waals surface area contributed by atoms with E-state index in [0.717, 1.165) is 4.47 Å². The third kappa shape index (κ3) is 2.28. The fraction of sp³-hybridized carbons (Fsp3) is 0.250. The highest BCUT2D eigenvalue weighted by atomic mass is 79.9. The minimum Gasteiger partial charge on any atom is -0.350 e. The Morgan fingerprint density at radius 1 is 1.44 bits per heavy atom. The van der Waals surface area contributed by atoms with Crippen molar-refractivity contribution in [2.45, 2.75) is 13.0 Å². The van der Waals surface area contributed by atoms with Gasteiger partial charge in [0.25, 0.3) is 0 Å². The first-order chi connectivity index (χ1) is 8.52. The van der Waals surface area contributed by atoms with Gasteiger partial charge in [0.15, 0.2) is 6.29 Å². The molecule has 1 aliphatic rings. The summed E-state index contributed by atoms with van der Waals surface area (Å²) in [5.41, 5.74) is 1.03. The maximum absolute atomic E-state index is 11.6. The van der Waals surface area contributed by atoms with Crippen LogP contribution >= 0.6 is 15.9 Å². The fourth-order valence-corrected chi connectivity index (χ4v) is 2.22. The summed E-state index contributed by atoms with van der Waals surface area (Å²) in [6, 6.07) is 4.63. The third-order valence-electron chi connectivity index (χ3n) is 2.85. The minimum atomic E-state index is -0.490. The SMILES string of the molecule is CC1C(=O)NC(=O)CN1c1cc(Br)ccc1C=O. The van der Waals surface area contributed by atoms with Crippen LogP contribution in [0.15, 0.2) is 22.7 Å². The highest BCUT2D eigenvalue weighted by molar-refractivity contribution is 9.10. The van der Waals surface area contributed by atoms with E-state index in [1.807, 2.05) is 0 Å². The number of carbonyl (C=O) groups is 3. The molecule has 0 bridgehead atoms. The molecule has 0 spiro atoms. The first-order valence-electron chi connectivity index (χ1n) is 5.38. The molecule has 0 aromatic heterocycles. The van der Waals surface area contributed by atoms with Crippen LogP contribution in [0.2, 0.25) is 0 Å². The van der Waals surface area contributed by atoms with E-state index in [4.69, 9.17) is 0 Å². The number of imide groups is 1. The van der Waals surface area contributed by atoms with Crippen molar-refractivity contribution in [3.8, 4) is 0 Å². The molecule has 1 aliphatic heterocycles. The van der Waals surface area contributed by atoms with Gasteiger partial charge in [-0.2, -0.15) is 0 Å². The van der Waals surface area contributed by atoms with Crippen molar-refractivity contribution in [2.24, 2.45) is 0 Å². The molecule has 1 N–H and O–H groups in total. The Labute approximate surface area is 112 Å². The molecule has 1 aromatic rings. The van der Waals surface area contributed by atoms with Gasteiger partial charge in [-0.3, -0.25) is 19.7 Å². The molecule has 6 heteroatoms. The molecule has 0 aliphatic carbocycles. The zero-order chi connectivity index (χ0) is 13.3. The summed E-state index contributed by atoms with van der Waals surface area (Å²) >= 11 is 3.31. The van der Waals surface area contributed by atoms with Gasteiger partial charge >= 0.3 is 0 Å². The topological polar surface area (TPSA) is 66.5 Å². The predicted molar refractivity (Wildman–Crippen MR) is 69.5 cm³/mol. The van der Waals surface area contributed by atoms with Crippen LogP contribution < -0.4 is 10.2 Å². The van der Waals surface area contributed by atoms with Gasteiger partial charge < -0.3 is 4.90 Å². The maximum atomic E-state index is 11.6. The molecule has 94 valence electrons. The zero-order valence-electron chi connectivity index (χ0n) is 9.64. The Bertz CT molecular complexity index is 530. The van der Waals surface area contributed by atoms with Crippen molar-refractivity contribution in [1.29, 1.82) is 0 Å². The van der Waals surface area contributed by atoms with E-state index >= 15 is 0 Å². The lowest BCUT2D eigenvalue weighted by Crippen LogP contribution is -2.57. The number of hydrogen-bond donors (Lipinski definition) is 1. The van der Waals surface area contributed by atoms with Gasteiger partial charge in [-0.25, -0.2) is 0 Å². The van der Waals surface area contributed by atoms with E-state index in [-0.39, 0.29) is 18.4 Å². The Morgan fingerprint density at radius 3 is 2.83 bits per heavy atom. The first kappa shape index (κ1) is 12.8. The van der Waals surface area contributed by atoms with E-state index in [1.54, 1.807) is 30.0 Å². The lowest BCUT2D eigenvalue weighted by atomic mass is 10.1. The molecule has 1 unspecified atom stereocenters. The van der Waals surface area contributed by atoms with Crippen LogP contribution in [-0.4, -0.2) is 30.7 Å². The van der Waals surface area contributed by atoms with Crippen molar-refractivity contribution in [3.63, 3.8) is 0 Å². The Hall–Kier alpha value is -1.69. The van der Waals surface area contributed by atoms with E-state index in [2.05, 4.69) is 21.2 Å². The largest absolute Gasteiger partial charge is 0.350 e. The van der Waals surface area contributed by atoms with E-state index < -0.39 is 6.04 Å². The molecule has 18 heavy (non-hydrogen) atoms. The third-order valence-corrected chi connectivity index (χ3v) is 3.35. The molecular formula is C12H11BrN2O3. The smallest absolute Gasteiger partial charge is 0.249 e. The molecule has 1 heterocycles. The monoisotopic (exact) mass is 310 g/mol. The molecule has 2 rings (SSSR count). The summed E-state index contributed by atoms with van der Waals surface area (Å²) < 4.78 is 0.786. The molecule has 5 nitrogen and oxygen atoms in total. The predicted octanol–water partition coefficient (Wildman–Crippen LogP) is 1.11. The van der Waals surface area contributed by atoms with Crippen LogP contribution in [-0.2, 0) is 9.59 Å². The number of hydrogen-bond acceptors (Lipinski definition) is 4. The lowest BCUT2D eigenvalue weighted by molar-refractivity contribution is -0.132. The number of anilines is 1. The van der Waals surface area contributed by atoms with Gasteiger partial charge in [-0.1, -0.05) is 15.9 Å². The summed E-state index contributed by atoms with van der Waals surface area (Å²) in [6.07, 6.45) is 0.714. The number of carbonyl (C=O) groups excluding carboxylic acids is 3. The molecule has 2 amide bonds. The second-order valence-electron chi connectivity index (χ2n) is 4.04. The summed E-state index contributed by atoms with van der Waals surface area (Å²) in [5.74, 6) is -0.724. The van der Waals surface area contributed by atoms with Crippen molar-refractivity contribution < 1.29 is 14.4 Å². The van der Waals surface area contributed by atoms with Gasteiger partial charge in [0, 0.05) is 15.7 Å². The molecule has 1 saturated heterocycles. The first-order valence-corrected chi connectivity index (χ1v) is 6.17. The standard InChI is InChI=1S/C12H11BrN2O3/c1-7-12(18)14-11(17)5-15(7)10-4-9(13)3-2-8(10)6-16/h2-4,6-7H,5H2,1H3,(H,14,17,18). The summed E-state index contributed by atoms with van der Waals surface area (Å²) in [7, 11) is 0. The Balaban J connectivity index is 2.46. The van der Waals surface area contributed by atoms with Gasteiger partial charge in [-0.05, 0) is 25.1 Å². The molecular weight excluding hydrogens is 300 g/mol. The highest BCUT2D eigenvalue weighted by Gasteiger charge is 2.31. The quantitative estimate of drug-likeness (QED) is 0.656. The van der Waals surface area contributed by atoms with Gasteiger partial charge in [-0.15, -0.1) is 0 Å². The number of amides is 2. The Kier molecular flexibility index (Phi) is 3.47. The highest BCUT2D eigenvalue weighted by Crippen LogP contribution is 2.26. The van der Waals surface area contributed by atoms with Crippen molar-refractivity contribution in [1.82, 2.24) is 5.32 Å². The Morgan fingerprint density at radius 2 is 2.17 bits per heavy atom. The van der Waals surface area contributed by atoms with Crippen LogP contribution in [0.3, 0.4) is 0 Å². The number of nitrogens with zero attached hydrogens (tertiary/aromatic N) is 1. The lowest BCUT2D eigenvalue weighted by Gasteiger charge is -2.34. The fourth-order valence-electron chi connectivity index (χ4n) is 1.87. The number of aldehydes is 1. The van der Waals surface area contributed by atoms with Crippen molar-refractivity contribution in [2.75, 3.05) is 11.4 Å². The number of benzene rings is 1. The van der Waals surface area contributed by atoms with Crippen LogP contribution in [0.4, 0.5) is 5.69 Å². The van der Waals surface area contributed by atoms with E-state index in [0.29, 0.717) is 17.5 Å². The summed E-state index contributed by atoms with van der Waals surface area (Å²) in [4.78, 5) is 35.7. The second kappa shape index (κ2) is 4.89. The van der Waals surface area contributed by atoms with Crippen molar-refractivity contribution in [3.05, 3.63) is 28.2 Å². The van der Waals surface area contributed by atoms with E-state index in [9.17, 15) is 14.4 Å². The van der Waals surface area contributed by atoms with Gasteiger partial charge in [0.1, 0.15) is 6.04 Å². The molecule has 0 radical (unpaired) electrons. The zero-order valence-corrected chi connectivity index (χ0v) is 11.2. The number of halogens is 1. The number of rotatable bonds is 2. The molecule has 1 fully saturated rings. The normalized spacial score (nSPS) is 19.7. The average molecular weight is 311 g/mol. The van der Waals surface area contributed by atoms with Gasteiger partial charge in [0.05, 0.1) is 6.54 Å². The molecule has 1 aromatic carbocycles. The number of piperazine rings is 1. The average Bonchev–Trinajstić information content (AvgIpc) is 2.33. The summed E-state index contributed by atoms with van der Waals surface area (Å²) in [6.45, 7) is 1.75. The van der Waals surface area contributed by atoms with Crippen LogP contribution in [0.1, 0.15) is 17.3 Å². The van der Waals surface area contributed by atoms with Gasteiger partial charge in [0.2, 0.25) is 11.8 Å². The van der Waals surface area contributed by atoms with E-state index in [1.165, 1.54) is 0 Å². The summed E-state index contributed by atoms with van der Waals surface area (Å²) in [5, 5.41) is 2.26. The van der Waals surface area contributed by atoms with Crippen molar-refractivity contribution >= 4 is 39.7 Å². The van der Waals surface area contributed by atoms with Crippen LogP contribution in [0, 0.1) is 0 Å². The molecule has 0 saturated carbocycles. The second-order valence-corrected chi connectivity index (χ2v) is 4.95. The maximum Gasteiger partial charge on any atom is 0.249 e. The molecule has 1 atom stereocenters. The minimum absolute atomic E-state index is 0.0597.